The summed E-state index contributed by atoms with van der Waals surface area (Å²) in [6.45, 7) is 5.52. The number of aryl methyl sites for hydroxylation is 1. The van der Waals surface area contributed by atoms with Gasteiger partial charge in [0.25, 0.3) is 0 Å². The van der Waals surface area contributed by atoms with Crippen LogP contribution in [0, 0.1) is 0 Å². The average Bonchev–Trinajstić information content (AvgIpc) is 2.72. The summed E-state index contributed by atoms with van der Waals surface area (Å²) < 4.78 is 2.21. The third-order valence-corrected chi connectivity index (χ3v) is 3.48. The molecule has 18 heavy (non-hydrogen) atoms. The highest BCUT2D eigenvalue weighted by molar-refractivity contribution is 5.75. The second-order valence-electron chi connectivity index (χ2n) is 4.84. The molecular weight excluding hydrogens is 222 g/mol. The zero-order valence-corrected chi connectivity index (χ0v) is 11.6. The first-order valence-corrected chi connectivity index (χ1v) is 6.90. The lowest BCUT2D eigenvalue weighted by molar-refractivity contribution is 0.481. The Balaban J connectivity index is 2.17. The number of hydrogen-bond donors (Lipinski definition) is 1. The Morgan fingerprint density at radius 3 is 2.72 bits per heavy atom. The van der Waals surface area contributed by atoms with Crippen LogP contribution in [-0.2, 0) is 13.5 Å². The predicted molar refractivity (Wildman–Crippen MR) is 76.8 cm³/mol. The standard InChI is InChI=1S/C15H23N3/c1-4-10-16-12(5-2)11-15-17-13-8-6-7-9-14(13)18(15)3/h6-9,12,16H,4-5,10-11H2,1-3H3. The van der Waals surface area contributed by atoms with Crippen molar-refractivity contribution in [3.8, 4) is 0 Å². The molecule has 0 aliphatic carbocycles. The van der Waals surface area contributed by atoms with Gasteiger partial charge in [-0.3, -0.25) is 0 Å². The molecule has 3 nitrogen and oxygen atoms in total. The third kappa shape index (κ3) is 2.72. The summed E-state index contributed by atoms with van der Waals surface area (Å²) in [5.41, 5.74) is 2.32. The van der Waals surface area contributed by atoms with Crippen LogP contribution in [0.3, 0.4) is 0 Å². The van der Waals surface area contributed by atoms with Crippen molar-refractivity contribution in [1.82, 2.24) is 14.9 Å². The normalized spacial score (nSPS) is 13.1. The number of fused-ring (bicyclic) bond motifs is 1. The molecular formula is C15H23N3. The summed E-state index contributed by atoms with van der Waals surface area (Å²) in [6, 6.07) is 8.86. The van der Waals surface area contributed by atoms with Crippen molar-refractivity contribution in [2.45, 2.75) is 39.2 Å². The number of para-hydroxylation sites is 2. The topological polar surface area (TPSA) is 29.9 Å². The number of aromatic nitrogens is 2. The van der Waals surface area contributed by atoms with E-state index in [1.165, 1.54) is 17.8 Å². The molecule has 0 aliphatic heterocycles. The molecule has 0 aliphatic rings. The molecule has 0 bridgehead atoms. The lowest BCUT2D eigenvalue weighted by Gasteiger charge is -2.16. The van der Waals surface area contributed by atoms with Crippen molar-refractivity contribution < 1.29 is 0 Å². The Bertz CT molecular complexity index is 501. The fourth-order valence-corrected chi connectivity index (χ4v) is 2.31. The lowest BCUT2D eigenvalue weighted by atomic mass is 10.1. The average molecular weight is 245 g/mol. The maximum Gasteiger partial charge on any atom is 0.111 e. The minimum Gasteiger partial charge on any atom is -0.331 e. The first-order valence-electron chi connectivity index (χ1n) is 6.90. The van der Waals surface area contributed by atoms with Gasteiger partial charge < -0.3 is 9.88 Å². The molecule has 0 saturated heterocycles. The summed E-state index contributed by atoms with van der Waals surface area (Å²) in [6.07, 6.45) is 3.32. The zero-order chi connectivity index (χ0) is 13.0. The van der Waals surface area contributed by atoms with Gasteiger partial charge in [-0.25, -0.2) is 4.98 Å². The highest BCUT2D eigenvalue weighted by Gasteiger charge is 2.12. The number of imidazole rings is 1. The van der Waals surface area contributed by atoms with Crippen LogP contribution in [0.4, 0.5) is 0 Å². The lowest BCUT2D eigenvalue weighted by Crippen LogP contribution is -2.31. The van der Waals surface area contributed by atoms with E-state index < -0.39 is 0 Å². The highest BCUT2D eigenvalue weighted by Crippen LogP contribution is 2.15. The van der Waals surface area contributed by atoms with Gasteiger partial charge in [-0.05, 0) is 31.5 Å². The highest BCUT2D eigenvalue weighted by atomic mass is 15.1. The fourth-order valence-electron chi connectivity index (χ4n) is 2.31. The first kappa shape index (κ1) is 13.1. The summed E-state index contributed by atoms with van der Waals surface area (Å²) in [5, 5.41) is 3.59. The summed E-state index contributed by atoms with van der Waals surface area (Å²) in [7, 11) is 2.11. The zero-order valence-electron chi connectivity index (χ0n) is 11.6. The molecule has 1 unspecified atom stereocenters. The molecule has 1 aromatic heterocycles. The van der Waals surface area contributed by atoms with Gasteiger partial charge in [-0.15, -0.1) is 0 Å². The molecule has 0 amide bonds. The van der Waals surface area contributed by atoms with E-state index in [-0.39, 0.29) is 0 Å². The van der Waals surface area contributed by atoms with Crippen LogP contribution >= 0.6 is 0 Å². The SMILES string of the molecule is CCCNC(CC)Cc1nc2ccccc2n1C. The van der Waals surface area contributed by atoms with Crippen LogP contribution in [0.15, 0.2) is 24.3 Å². The summed E-state index contributed by atoms with van der Waals surface area (Å²) in [4.78, 5) is 4.73. The smallest absolute Gasteiger partial charge is 0.111 e. The molecule has 1 aromatic carbocycles. The summed E-state index contributed by atoms with van der Waals surface area (Å²) in [5.74, 6) is 1.17. The van der Waals surface area contributed by atoms with Crippen LogP contribution in [0.25, 0.3) is 11.0 Å². The Labute approximate surface area is 109 Å². The molecule has 2 aromatic rings. The van der Waals surface area contributed by atoms with Crippen molar-refractivity contribution in [3.05, 3.63) is 30.1 Å². The van der Waals surface area contributed by atoms with Gasteiger partial charge in [0, 0.05) is 19.5 Å². The van der Waals surface area contributed by atoms with Crippen LogP contribution < -0.4 is 5.32 Å². The van der Waals surface area contributed by atoms with Crippen molar-refractivity contribution in [2.24, 2.45) is 7.05 Å². The molecule has 0 saturated carbocycles. The Hall–Kier alpha value is -1.35. The molecule has 1 heterocycles. The molecule has 0 radical (unpaired) electrons. The van der Waals surface area contributed by atoms with Crippen LogP contribution in [0.5, 0.6) is 0 Å². The largest absolute Gasteiger partial charge is 0.331 e. The Morgan fingerprint density at radius 2 is 2.06 bits per heavy atom. The second kappa shape index (κ2) is 6.01. The fraction of sp³-hybridized carbons (Fsp3) is 0.533. The van der Waals surface area contributed by atoms with Crippen LogP contribution in [0.2, 0.25) is 0 Å². The van der Waals surface area contributed by atoms with E-state index in [4.69, 9.17) is 4.98 Å². The van der Waals surface area contributed by atoms with Gasteiger partial charge in [0.2, 0.25) is 0 Å². The Kier molecular flexibility index (Phi) is 4.37. The molecule has 2 rings (SSSR count). The molecule has 98 valence electrons. The first-order chi connectivity index (χ1) is 8.76. The van der Waals surface area contributed by atoms with E-state index >= 15 is 0 Å². The van der Waals surface area contributed by atoms with Crippen LogP contribution in [0.1, 0.15) is 32.5 Å². The van der Waals surface area contributed by atoms with E-state index in [1.807, 2.05) is 6.07 Å². The number of nitrogens with zero attached hydrogens (tertiary/aromatic N) is 2. The minimum absolute atomic E-state index is 0.528. The number of benzene rings is 1. The van der Waals surface area contributed by atoms with Gasteiger partial charge >= 0.3 is 0 Å². The van der Waals surface area contributed by atoms with E-state index in [1.54, 1.807) is 0 Å². The predicted octanol–water partition coefficient (Wildman–Crippen LogP) is 2.89. The van der Waals surface area contributed by atoms with E-state index in [2.05, 4.69) is 49.0 Å². The van der Waals surface area contributed by atoms with Crippen molar-refractivity contribution in [1.29, 1.82) is 0 Å². The number of rotatable bonds is 6. The quantitative estimate of drug-likeness (QED) is 0.848. The van der Waals surface area contributed by atoms with Gasteiger partial charge in [0.05, 0.1) is 11.0 Å². The minimum atomic E-state index is 0.528. The maximum absolute atomic E-state index is 4.73. The van der Waals surface area contributed by atoms with E-state index in [0.717, 1.165) is 24.9 Å². The molecule has 1 N–H and O–H groups in total. The van der Waals surface area contributed by atoms with Crippen molar-refractivity contribution in [3.63, 3.8) is 0 Å². The molecule has 0 spiro atoms. The van der Waals surface area contributed by atoms with Gasteiger partial charge in [-0.2, -0.15) is 0 Å². The van der Waals surface area contributed by atoms with Crippen LogP contribution in [-0.4, -0.2) is 22.1 Å². The second-order valence-corrected chi connectivity index (χ2v) is 4.84. The molecule has 0 fully saturated rings. The summed E-state index contributed by atoms with van der Waals surface area (Å²) >= 11 is 0. The van der Waals surface area contributed by atoms with E-state index in [9.17, 15) is 0 Å². The van der Waals surface area contributed by atoms with Gasteiger partial charge in [0.1, 0.15) is 5.82 Å². The number of nitrogens with one attached hydrogen (secondary N) is 1. The third-order valence-electron chi connectivity index (χ3n) is 3.48. The monoisotopic (exact) mass is 245 g/mol. The Morgan fingerprint density at radius 1 is 1.28 bits per heavy atom. The number of hydrogen-bond acceptors (Lipinski definition) is 2. The molecule has 1 atom stereocenters. The van der Waals surface area contributed by atoms with Crippen molar-refractivity contribution in [2.75, 3.05) is 6.54 Å². The molecule has 3 heteroatoms. The van der Waals surface area contributed by atoms with Gasteiger partial charge in [0.15, 0.2) is 0 Å². The van der Waals surface area contributed by atoms with Crippen molar-refractivity contribution >= 4 is 11.0 Å². The van der Waals surface area contributed by atoms with Gasteiger partial charge in [-0.1, -0.05) is 26.0 Å². The maximum atomic E-state index is 4.73. The van der Waals surface area contributed by atoms with E-state index in [0.29, 0.717) is 6.04 Å².